The van der Waals surface area contributed by atoms with Crippen molar-refractivity contribution in [3.63, 3.8) is 0 Å². The fourth-order valence-corrected chi connectivity index (χ4v) is 8.50. The zero-order valence-electron chi connectivity index (χ0n) is 30.3. The molecule has 2 aromatic carbocycles. The van der Waals surface area contributed by atoms with Gasteiger partial charge in [-0.15, -0.1) is 0 Å². The zero-order valence-corrected chi connectivity index (χ0v) is 31.8. The Morgan fingerprint density at radius 2 is 1.79 bits per heavy atom. The van der Waals surface area contributed by atoms with Crippen molar-refractivity contribution >= 4 is 61.7 Å². The summed E-state index contributed by atoms with van der Waals surface area (Å²) in [5, 5.41) is 7.26. The molecule has 0 spiro atoms. The number of aromatic nitrogens is 1. The van der Waals surface area contributed by atoms with E-state index >= 15 is 0 Å². The van der Waals surface area contributed by atoms with Crippen molar-refractivity contribution in [2.24, 2.45) is 17.1 Å². The van der Waals surface area contributed by atoms with E-state index in [2.05, 4.69) is 20.3 Å². The molecule has 1 aliphatic heterocycles. The number of rotatable bonds is 13. The van der Waals surface area contributed by atoms with E-state index in [-0.39, 0.29) is 31.2 Å². The average molecular weight is 769 g/mol. The molecule has 1 aromatic heterocycles. The second kappa shape index (κ2) is 14.3. The minimum Gasteiger partial charge on any atom is -0.494 e. The Kier molecular flexibility index (Phi) is 10.3. The van der Waals surface area contributed by atoms with E-state index in [1.54, 1.807) is 42.5 Å². The topological polar surface area (TPSA) is 199 Å². The molecule has 284 valence electrons. The van der Waals surface area contributed by atoms with Gasteiger partial charge in [0.05, 0.1) is 25.1 Å². The molecule has 16 heteroatoms. The number of amides is 4. The van der Waals surface area contributed by atoms with Crippen LogP contribution in [-0.2, 0) is 24.4 Å². The lowest BCUT2D eigenvalue weighted by molar-refractivity contribution is -0.141. The van der Waals surface area contributed by atoms with Crippen LogP contribution in [0.25, 0.3) is 10.8 Å². The number of fused-ring (bicyclic) bond motifs is 1. The zero-order chi connectivity index (χ0) is 38.5. The maximum absolute atomic E-state index is 14.7. The third kappa shape index (κ3) is 7.86. The summed E-state index contributed by atoms with van der Waals surface area (Å²) in [5.41, 5.74) is 4.17. The predicted octanol–water partition coefficient (Wildman–Crippen LogP) is 3.76. The Morgan fingerprint density at radius 1 is 1.09 bits per heavy atom. The molecule has 2 saturated carbocycles. The van der Waals surface area contributed by atoms with E-state index < -0.39 is 68.0 Å². The number of sulfonamides is 1. The highest BCUT2D eigenvalue weighted by Crippen LogP contribution is 2.47. The van der Waals surface area contributed by atoms with Crippen molar-refractivity contribution in [3.05, 3.63) is 59.2 Å². The number of nitrogens with zero attached hydrogens (tertiary/aromatic N) is 2. The third-order valence-electron chi connectivity index (χ3n) is 10.3. The molecule has 0 radical (unpaired) electrons. The van der Waals surface area contributed by atoms with E-state index in [0.717, 1.165) is 0 Å². The number of carbonyl (C=O) groups excluding carboxylic acids is 4. The summed E-state index contributed by atoms with van der Waals surface area (Å²) in [6.45, 7) is 7.50. The molecule has 5 N–H and O–H groups in total. The van der Waals surface area contributed by atoms with Gasteiger partial charge in [-0.3, -0.25) is 23.9 Å². The predicted molar refractivity (Wildman–Crippen MR) is 199 cm³/mol. The van der Waals surface area contributed by atoms with Gasteiger partial charge in [0.25, 0.3) is 5.91 Å². The average Bonchev–Trinajstić information content (AvgIpc) is 4.03. The van der Waals surface area contributed by atoms with E-state index in [0.29, 0.717) is 52.1 Å². The quantitative estimate of drug-likeness (QED) is 0.199. The minimum atomic E-state index is -3.87. The van der Waals surface area contributed by atoms with Crippen LogP contribution in [0.2, 0.25) is 5.02 Å². The van der Waals surface area contributed by atoms with Crippen molar-refractivity contribution in [3.8, 4) is 11.6 Å². The first-order valence-electron chi connectivity index (χ1n) is 17.6. The second-order valence-corrected chi connectivity index (χ2v) is 17.5. The lowest BCUT2D eigenvalue weighted by Crippen LogP contribution is -2.58. The highest BCUT2D eigenvalue weighted by Gasteiger charge is 2.62. The van der Waals surface area contributed by atoms with Gasteiger partial charge in [0.1, 0.15) is 29.5 Å². The molecule has 1 saturated heterocycles. The first kappa shape index (κ1) is 38.1. The number of primary amides is 1. The van der Waals surface area contributed by atoms with Gasteiger partial charge in [-0.05, 0) is 73.1 Å². The Morgan fingerprint density at radius 3 is 2.38 bits per heavy atom. The number of likely N-dealkylation sites (tertiary alicyclic amines) is 1. The molecule has 4 amide bonds. The van der Waals surface area contributed by atoms with E-state index in [1.165, 1.54) is 18.2 Å². The molecule has 14 nitrogen and oxygen atoms in total. The number of carbonyl (C=O) groups is 4. The highest BCUT2D eigenvalue weighted by molar-refractivity contribution is 7.91. The number of anilines is 1. The second-order valence-electron chi connectivity index (χ2n) is 15.1. The van der Waals surface area contributed by atoms with Crippen molar-refractivity contribution in [2.75, 3.05) is 19.0 Å². The summed E-state index contributed by atoms with van der Waals surface area (Å²) in [4.78, 5) is 60.2. The number of hydrogen-bond donors (Lipinski definition) is 4. The maximum atomic E-state index is 14.7. The van der Waals surface area contributed by atoms with Crippen LogP contribution in [0.4, 0.5) is 5.69 Å². The minimum absolute atomic E-state index is 0.00593. The summed E-state index contributed by atoms with van der Waals surface area (Å²) in [5.74, 6) is -1.91. The first-order valence-corrected chi connectivity index (χ1v) is 19.5. The van der Waals surface area contributed by atoms with E-state index in [4.69, 9.17) is 26.8 Å². The molecular formula is C37H45ClN6O8S. The maximum Gasteiger partial charge on any atom is 0.259 e. The Bertz CT molecular complexity index is 2050. The number of nitrogens with two attached hydrogens (primary N) is 1. The Balaban J connectivity index is 1.31. The van der Waals surface area contributed by atoms with Crippen molar-refractivity contribution < 1.29 is 37.1 Å². The van der Waals surface area contributed by atoms with Crippen LogP contribution >= 0.6 is 11.6 Å². The molecule has 2 aliphatic carbocycles. The van der Waals surface area contributed by atoms with Crippen LogP contribution in [0, 0.1) is 11.3 Å². The van der Waals surface area contributed by atoms with Crippen molar-refractivity contribution in [1.82, 2.24) is 19.9 Å². The summed E-state index contributed by atoms with van der Waals surface area (Å²) >= 11 is 6.35. The smallest absolute Gasteiger partial charge is 0.259 e. The first-order chi connectivity index (χ1) is 25.0. The van der Waals surface area contributed by atoms with Crippen LogP contribution in [0.1, 0.15) is 70.2 Å². The lowest BCUT2D eigenvalue weighted by atomic mass is 9.85. The monoisotopic (exact) mass is 768 g/mol. The molecule has 6 rings (SSSR count). The molecule has 3 fully saturated rings. The van der Waals surface area contributed by atoms with Gasteiger partial charge >= 0.3 is 0 Å². The molecule has 3 aliphatic rings. The van der Waals surface area contributed by atoms with Crippen molar-refractivity contribution in [1.29, 1.82) is 0 Å². The van der Waals surface area contributed by atoms with E-state index in [9.17, 15) is 27.6 Å². The Hall–Kier alpha value is -4.63. The number of hydrogen-bond acceptors (Lipinski definition) is 10. The van der Waals surface area contributed by atoms with Gasteiger partial charge in [-0.25, -0.2) is 13.4 Å². The third-order valence-corrected chi connectivity index (χ3v) is 12.3. The van der Waals surface area contributed by atoms with E-state index in [1.807, 2.05) is 27.7 Å². The van der Waals surface area contributed by atoms with Crippen LogP contribution in [0.15, 0.2) is 48.7 Å². The number of benzene rings is 2. The highest BCUT2D eigenvalue weighted by atomic mass is 35.5. The van der Waals surface area contributed by atoms with Crippen LogP contribution in [0.5, 0.6) is 11.6 Å². The summed E-state index contributed by atoms with van der Waals surface area (Å²) in [7, 11) is -2.34. The molecule has 5 atom stereocenters. The van der Waals surface area contributed by atoms with Crippen LogP contribution in [-0.4, -0.2) is 84.6 Å². The van der Waals surface area contributed by atoms with Gasteiger partial charge in [0.15, 0.2) is 0 Å². The number of nitrogens with one attached hydrogen (secondary N) is 3. The fraction of sp³-hybridized carbons (Fsp3) is 0.486. The van der Waals surface area contributed by atoms with Gasteiger partial charge in [0.2, 0.25) is 33.6 Å². The molecule has 0 bridgehead atoms. The summed E-state index contributed by atoms with van der Waals surface area (Å²) < 4.78 is 39.6. The molecule has 0 unspecified atom stereocenters. The van der Waals surface area contributed by atoms with Crippen LogP contribution < -0.4 is 30.6 Å². The molecule has 53 heavy (non-hydrogen) atoms. The molecule has 2 heterocycles. The van der Waals surface area contributed by atoms with Gasteiger partial charge in [-0.1, -0.05) is 45.7 Å². The number of pyridine rings is 1. The fourth-order valence-electron chi connectivity index (χ4n) is 6.96. The number of ether oxygens (including phenoxy) is 2. The van der Waals surface area contributed by atoms with Gasteiger partial charge in [-0.2, -0.15) is 0 Å². The van der Waals surface area contributed by atoms with Gasteiger partial charge in [0, 0.05) is 33.5 Å². The lowest BCUT2D eigenvalue weighted by Gasteiger charge is -2.36. The molecule has 3 aromatic rings. The SMILES string of the molecule is CC[C@@H]1C[C@]1(NC(=O)[C@@H]1C[C@@H](Oc2ncc(OC)c3ccc(Cl)cc23)CN1C(=O)[C@@H](Nc1ccc(C(N)=O)cc1)C(C)(C)C)C(=O)NS(=O)(=O)C1CC1. The largest absolute Gasteiger partial charge is 0.494 e. The van der Waals surface area contributed by atoms with Crippen LogP contribution in [0.3, 0.4) is 0 Å². The number of methoxy groups -OCH3 is 1. The van der Waals surface area contributed by atoms with Gasteiger partial charge < -0.3 is 30.7 Å². The summed E-state index contributed by atoms with van der Waals surface area (Å²) in [6, 6.07) is 9.65. The molecular weight excluding hydrogens is 724 g/mol. The Labute approximate surface area is 313 Å². The number of halogens is 1. The summed E-state index contributed by atoms with van der Waals surface area (Å²) in [6.07, 6.45) is 2.59. The normalized spacial score (nSPS) is 23.2. The van der Waals surface area contributed by atoms with Crippen molar-refractivity contribution in [2.45, 2.75) is 88.8 Å². The standard InChI is InChI=1S/C37H45ClN6O8S/c1-6-21-17-37(21,35(48)43-53(49,50)25-12-13-25)42-32(46)28-16-24(52-33-27-15-22(38)9-14-26(27)29(51-5)18-40-33)19-44(28)34(47)30(36(2,3)4)41-23-10-7-20(8-11-23)31(39)45/h7-11,14-15,18,21,24-25,28,30,41H,6,12-13,16-17,19H2,1-5H3,(H2,39,45)(H,42,46)(H,43,48)/t21-,24-,28+,30-,37-/m1/s1.